The van der Waals surface area contributed by atoms with Gasteiger partial charge in [0.15, 0.2) is 0 Å². The van der Waals surface area contributed by atoms with Crippen LogP contribution in [0.25, 0.3) is 43.8 Å². The van der Waals surface area contributed by atoms with E-state index in [1.54, 1.807) is 23.3 Å². The maximum atomic E-state index is 2.39. The van der Waals surface area contributed by atoms with E-state index in [-0.39, 0.29) is 41.1 Å². The second kappa shape index (κ2) is 18.5. The summed E-state index contributed by atoms with van der Waals surface area (Å²) < 4.78 is 0. The number of halogens is 2. The third-order valence-electron chi connectivity index (χ3n) is 9.33. The molecule has 1 atom stereocenters. The Morgan fingerprint density at radius 3 is 1.60 bits per heavy atom. The summed E-state index contributed by atoms with van der Waals surface area (Å²) in [5.74, 6) is 0.624. The van der Waals surface area contributed by atoms with E-state index in [0.717, 1.165) is 0 Å². The van der Waals surface area contributed by atoms with E-state index in [0.29, 0.717) is 5.92 Å². The van der Waals surface area contributed by atoms with Gasteiger partial charge in [0.05, 0.1) is 0 Å². The zero-order valence-corrected chi connectivity index (χ0v) is 37.3. The summed E-state index contributed by atoms with van der Waals surface area (Å²) in [5, 5.41) is 5.49. The maximum Gasteiger partial charge on any atom is -0.0132 e. The number of hydrogen-bond acceptors (Lipinski definition) is 0. The molecule has 0 aromatic heterocycles. The van der Waals surface area contributed by atoms with Crippen molar-refractivity contribution in [1.82, 2.24) is 0 Å². The van der Waals surface area contributed by atoms with Gasteiger partial charge in [0, 0.05) is 0 Å². The van der Waals surface area contributed by atoms with E-state index in [1.807, 2.05) is 0 Å². The first kappa shape index (κ1) is 43.9. The van der Waals surface area contributed by atoms with Gasteiger partial charge in [-0.3, -0.25) is 0 Å². The van der Waals surface area contributed by atoms with Gasteiger partial charge in [-0.15, -0.1) is 68.6 Å². The Morgan fingerprint density at radius 1 is 0.660 bits per heavy atom. The molecule has 6 rings (SSSR count). The molecular weight excluding hydrogens is 743 g/mol. The van der Waals surface area contributed by atoms with E-state index < -0.39 is 0 Å². The minimum Gasteiger partial charge on any atom is -1.00 e. The zero-order valence-electron chi connectivity index (χ0n) is 32.4. The molecule has 0 aliphatic carbocycles. The molecule has 6 aromatic carbocycles. The molecule has 0 saturated heterocycles. The molecule has 6 aromatic rings. The van der Waals surface area contributed by atoms with Crippen molar-refractivity contribution in [1.29, 1.82) is 0 Å². The molecule has 0 aliphatic rings. The van der Waals surface area contributed by atoms with Crippen LogP contribution in [0, 0.1) is 13.8 Å². The van der Waals surface area contributed by atoms with Gasteiger partial charge in [-0.1, -0.05) is 147 Å². The first-order chi connectivity index (χ1) is 22.5. The van der Waals surface area contributed by atoms with Gasteiger partial charge in [0.1, 0.15) is 0 Å². The summed E-state index contributed by atoms with van der Waals surface area (Å²) in [6, 6.07) is 38.6. The topological polar surface area (TPSA) is 0 Å². The van der Waals surface area contributed by atoms with Crippen LogP contribution in [0.1, 0.15) is 95.5 Å². The first-order valence-corrected chi connectivity index (χ1v) is 23.8. The Labute approximate surface area is 331 Å². The summed E-state index contributed by atoms with van der Waals surface area (Å²) in [5.41, 5.74) is 12.8. The SMILES string of the molecule is CCC(C)c1cc2c(-c3ccc(C(C)(C)C)cc3)cccc2[cH-]1.C[Si](C)=[Zr+2].Cc1cc2c(-c3ccc(C(C)(C)C)cc3)ccc(C)c2[cH-]1.[Cl-].[Cl-]. The van der Waals surface area contributed by atoms with Gasteiger partial charge >= 0.3 is 41.9 Å². The van der Waals surface area contributed by atoms with Gasteiger partial charge in [-0.25, -0.2) is 0 Å². The first-order valence-electron chi connectivity index (χ1n) is 17.6. The Morgan fingerprint density at radius 2 is 1.14 bits per heavy atom. The molecule has 0 heterocycles. The fourth-order valence-electron chi connectivity index (χ4n) is 6.17. The number of benzene rings is 4. The molecule has 1 unspecified atom stereocenters. The number of fused-ring (bicyclic) bond motifs is 2. The van der Waals surface area contributed by atoms with Crippen LogP contribution < -0.4 is 24.8 Å². The molecule has 0 saturated carbocycles. The molecule has 0 spiro atoms. The second-order valence-electron chi connectivity index (χ2n) is 15.9. The van der Waals surface area contributed by atoms with Crippen molar-refractivity contribution < 1.29 is 48.1 Å². The van der Waals surface area contributed by atoms with E-state index in [2.05, 4.69) is 185 Å². The van der Waals surface area contributed by atoms with Crippen molar-refractivity contribution in [2.45, 2.75) is 106 Å². The maximum absolute atomic E-state index is 2.39. The number of hydrogen-bond donors (Lipinski definition) is 0. The second-order valence-corrected chi connectivity index (χ2v) is 25.2. The van der Waals surface area contributed by atoms with Crippen molar-refractivity contribution in [3.63, 3.8) is 0 Å². The fourth-order valence-corrected chi connectivity index (χ4v) is 6.17. The van der Waals surface area contributed by atoms with Gasteiger partial charge in [-0.05, 0) is 39.0 Å². The van der Waals surface area contributed by atoms with Crippen molar-refractivity contribution in [2.24, 2.45) is 0 Å². The molecule has 0 fully saturated rings. The molecule has 0 aliphatic heterocycles. The predicted molar refractivity (Wildman–Crippen MR) is 213 cm³/mol. The van der Waals surface area contributed by atoms with Crippen LogP contribution in [0.4, 0.5) is 0 Å². The normalized spacial score (nSPS) is 11.8. The molecule has 0 N–H and O–H groups in total. The van der Waals surface area contributed by atoms with Crippen LogP contribution in [0.5, 0.6) is 0 Å². The van der Waals surface area contributed by atoms with Gasteiger partial charge in [0.25, 0.3) is 0 Å². The molecular formula is C46H56Cl2SiZr-2. The molecule has 4 heteroatoms. The standard InChI is InChI=1S/C23H27.C21H23.C2H6Si.2ClH.Zr/c1-6-16(2)19-14-18-8-7-9-21(22(18)15-19)17-10-12-20(13-11-17)23(3,4)5;1-14-12-19-15(2)6-11-18(20(19)13-14)16-7-9-17(10-8-16)21(3,4)5;1-3-2;;;/h7-16H,6H2,1-5H3;6-13H,1-5H3;1-2H3;2*1H;/q2*-1;;;;+2/p-2. The van der Waals surface area contributed by atoms with Gasteiger partial charge in [-0.2, -0.15) is 12.1 Å². The van der Waals surface area contributed by atoms with Crippen LogP contribution >= 0.6 is 0 Å². The third-order valence-corrected chi connectivity index (χ3v) is 9.33. The zero-order chi connectivity index (χ0) is 35.4. The molecule has 0 bridgehead atoms. The monoisotopic (exact) mass is 796 g/mol. The van der Waals surface area contributed by atoms with Crippen LogP contribution in [0.3, 0.4) is 0 Å². The van der Waals surface area contributed by atoms with Crippen molar-refractivity contribution in [3.8, 4) is 22.3 Å². The summed E-state index contributed by atoms with van der Waals surface area (Å²) >= 11 is 1.74. The average molecular weight is 799 g/mol. The number of rotatable bonds is 4. The van der Waals surface area contributed by atoms with Crippen molar-refractivity contribution in [3.05, 3.63) is 131 Å². The fraction of sp³-hybridized carbons (Fsp3) is 0.348. The smallest absolute Gasteiger partial charge is 0.0132 e. The Kier molecular flexibility index (Phi) is 16.3. The van der Waals surface area contributed by atoms with Crippen LogP contribution in [-0.4, -0.2) is 5.43 Å². The summed E-state index contributed by atoms with van der Waals surface area (Å²) in [4.78, 5) is 0. The Bertz CT molecular complexity index is 1970. The molecule has 264 valence electrons. The molecule has 50 heavy (non-hydrogen) atoms. The molecule has 0 radical (unpaired) electrons. The van der Waals surface area contributed by atoms with Gasteiger partial charge < -0.3 is 24.8 Å². The number of aryl methyl sites for hydroxylation is 2. The van der Waals surface area contributed by atoms with Gasteiger partial charge in [0.2, 0.25) is 0 Å². The van der Waals surface area contributed by atoms with E-state index in [9.17, 15) is 0 Å². The molecule has 0 amide bonds. The van der Waals surface area contributed by atoms with Crippen LogP contribution in [-0.2, 0) is 34.2 Å². The largest absolute Gasteiger partial charge is 1.00 e. The minimum atomic E-state index is 0. The minimum absolute atomic E-state index is 0. The Balaban J connectivity index is 0.000000303. The van der Waals surface area contributed by atoms with Crippen molar-refractivity contribution >= 4 is 27.0 Å². The Hall–Kier alpha value is -2.22. The van der Waals surface area contributed by atoms with E-state index in [1.165, 1.54) is 78.0 Å². The van der Waals surface area contributed by atoms with Crippen molar-refractivity contribution in [2.75, 3.05) is 0 Å². The molecule has 0 nitrogen and oxygen atoms in total. The van der Waals surface area contributed by atoms with Crippen LogP contribution in [0.15, 0.2) is 103 Å². The van der Waals surface area contributed by atoms with Crippen LogP contribution in [0.2, 0.25) is 13.1 Å². The third kappa shape index (κ3) is 11.1. The average Bonchev–Trinajstić information content (AvgIpc) is 3.64. The summed E-state index contributed by atoms with van der Waals surface area (Å²) in [7, 11) is 0. The quantitative estimate of drug-likeness (QED) is 0.126. The predicted octanol–water partition coefficient (Wildman–Crippen LogP) is 7.97. The van der Waals surface area contributed by atoms with E-state index in [4.69, 9.17) is 0 Å². The van der Waals surface area contributed by atoms with E-state index >= 15 is 0 Å². The summed E-state index contributed by atoms with van der Waals surface area (Å²) in [6.45, 7) is 27.1. The summed E-state index contributed by atoms with van der Waals surface area (Å²) in [6.07, 6.45) is 1.19.